The van der Waals surface area contributed by atoms with Gasteiger partial charge in [0.15, 0.2) is 5.69 Å². The van der Waals surface area contributed by atoms with E-state index in [1.54, 1.807) is 6.20 Å². The van der Waals surface area contributed by atoms with Crippen LogP contribution in [0.5, 0.6) is 0 Å². The topological polar surface area (TPSA) is 196 Å². The van der Waals surface area contributed by atoms with E-state index in [1.165, 1.54) is 30.5 Å². The third kappa shape index (κ3) is 3.60. The quantitative estimate of drug-likeness (QED) is 0.194. The van der Waals surface area contributed by atoms with Crippen LogP contribution in [-0.2, 0) is 0 Å². The van der Waals surface area contributed by atoms with Crippen molar-refractivity contribution in [3.05, 3.63) is 76.1 Å². The number of nitrogens with zero attached hydrogens (tertiary/aromatic N) is 7. The average Bonchev–Trinajstić information content (AvgIpc) is 3.57. The monoisotopic (exact) mass is 458 g/mol. The van der Waals surface area contributed by atoms with E-state index < -0.39 is 10.8 Å². The minimum Gasteiger partial charge on any atom is -0.378 e. The van der Waals surface area contributed by atoms with Gasteiger partial charge in [0.1, 0.15) is 5.69 Å². The number of amides is 1. The number of nitrogens with one attached hydrogen (secondary N) is 2. The van der Waals surface area contributed by atoms with Gasteiger partial charge >= 0.3 is 0 Å². The Bertz CT molecular complexity index is 1550. The number of carbonyl (C=O) groups excluding carboxylic acids is 1. The van der Waals surface area contributed by atoms with Gasteiger partial charge in [0, 0.05) is 40.4 Å². The molecular weight excluding hydrogens is 444 g/mol. The lowest BCUT2D eigenvalue weighted by Crippen LogP contribution is -2.19. The molecule has 14 heteroatoms. The largest absolute Gasteiger partial charge is 0.378 e. The van der Waals surface area contributed by atoms with E-state index in [-0.39, 0.29) is 28.7 Å². The second-order valence-corrected chi connectivity index (χ2v) is 6.96. The first-order valence-corrected chi connectivity index (χ1v) is 9.71. The van der Waals surface area contributed by atoms with E-state index in [1.807, 2.05) is 24.3 Å². The molecule has 0 spiro atoms. The maximum atomic E-state index is 12.9. The summed E-state index contributed by atoms with van der Waals surface area (Å²) in [7, 11) is 0. The van der Waals surface area contributed by atoms with Crippen LogP contribution in [0.4, 0.5) is 11.5 Å². The Kier molecular flexibility index (Phi) is 4.99. The fraction of sp³-hybridized carbons (Fsp3) is 0. The summed E-state index contributed by atoms with van der Waals surface area (Å²) in [5.41, 5.74) is 10.2. The van der Waals surface area contributed by atoms with Crippen LogP contribution >= 0.6 is 0 Å². The molecule has 0 unspecified atom stereocenters. The zero-order valence-electron chi connectivity index (χ0n) is 17.1. The first-order valence-electron chi connectivity index (χ1n) is 9.71. The minimum atomic E-state index is -0.675. The van der Waals surface area contributed by atoms with Crippen molar-refractivity contribution in [2.45, 2.75) is 0 Å². The molecule has 14 nitrogen and oxygen atoms in total. The Morgan fingerprint density at radius 2 is 2.00 bits per heavy atom. The molecule has 1 amide bonds. The van der Waals surface area contributed by atoms with Gasteiger partial charge in [0.05, 0.1) is 11.1 Å². The summed E-state index contributed by atoms with van der Waals surface area (Å²) < 4.78 is 5.78. The number of aromatic nitrogens is 6. The van der Waals surface area contributed by atoms with Crippen LogP contribution in [0.15, 0.2) is 64.5 Å². The number of aromatic amines is 1. The van der Waals surface area contributed by atoms with Gasteiger partial charge in [-0.05, 0) is 28.5 Å². The molecule has 34 heavy (non-hydrogen) atoms. The molecule has 0 aliphatic heterocycles. The number of anilines is 1. The molecule has 5 aromatic rings. The summed E-state index contributed by atoms with van der Waals surface area (Å²) >= 11 is 0. The molecule has 0 bridgehead atoms. The smallest absolute Gasteiger partial charge is 0.294 e. The van der Waals surface area contributed by atoms with Gasteiger partial charge in [-0.2, -0.15) is 9.78 Å². The Hall–Kier alpha value is -5.40. The fourth-order valence-electron chi connectivity index (χ4n) is 3.34. The predicted octanol–water partition coefficient (Wildman–Crippen LogP) is 2.05. The summed E-state index contributed by atoms with van der Waals surface area (Å²) in [6.07, 6.45) is 3.26. The number of hydrazone groups is 1. The number of nitro benzene ring substituents is 1. The maximum Gasteiger partial charge on any atom is 0.294 e. The van der Waals surface area contributed by atoms with Gasteiger partial charge in [-0.1, -0.05) is 23.4 Å². The third-order valence-corrected chi connectivity index (χ3v) is 4.92. The Morgan fingerprint density at radius 1 is 1.21 bits per heavy atom. The summed E-state index contributed by atoms with van der Waals surface area (Å²) in [5, 5.41) is 31.1. The van der Waals surface area contributed by atoms with Crippen LogP contribution in [0.2, 0.25) is 0 Å². The molecule has 5 rings (SSSR count). The van der Waals surface area contributed by atoms with Crippen LogP contribution in [0, 0.1) is 10.1 Å². The molecule has 3 heterocycles. The van der Waals surface area contributed by atoms with E-state index >= 15 is 0 Å². The molecule has 0 saturated heterocycles. The van der Waals surface area contributed by atoms with E-state index in [0.717, 1.165) is 21.1 Å². The second kappa shape index (κ2) is 8.27. The van der Waals surface area contributed by atoms with Crippen molar-refractivity contribution in [2.24, 2.45) is 5.10 Å². The molecule has 4 N–H and O–H groups in total. The summed E-state index contributed by atoms with van der Waals surface area (Å²) in [6.45, 7) is 0. The van der Waals surface area contributed by atoms with Crippen molar-refractivity contribution in [1.29, 1.82) is 0 Å². The zero-order chi connectivity index (χ0) is 23.7. The Morgan fingerprint density at radius 3 is 2.74 bits per heavy atom. The zero-order valence-corrected chi connectivity index (χ0v) is 17.1. The number of rotatable bonds is 6. The van der Waals surface area contributed by atoms with Crippen molar-refractivity contribution in [1.82, 2.24) is 35.7 Å². The first-order chi connectivity index (χ1) is 16.5. The molecule has 0 fully saturated rings. The van der Waals surface area contributed by atoms with Crippen LogP contribution < -0.4 is 11.2 Å². The predicted molar refractivity (Wildman–Crippen MR) is 119 cm³/mol. The van der Waals surface area contributed by atoms with Crippen molar-refractivity contribution in [3.63, 3.8) is 0 Å². The van der Waals surface area contributed by atoms with E-state index in [4.69, 9.17) is 5.73 Å². The van der Waals surface area contributed by atoms with Crippen molar-refractivity contribution in [2.75, 3.05) is 5.73 Å². The number of nitrogen functional groups attached to an aromatic ring is 1. The molecule has 168 valence electrons. The molecule has 0 radical (unpaired) electrons. The summed E-state index contributed by atoms with van der Waals surface area (Å²) in [6, 6.07) is 13.1. The van der Waals surface area contributed by atoms with Crippen LogP contribution in [0.1, 0.15) is 16.1 Å². The highest BCUT2D eigenvalue weighted by molar-refractivity contribution is 6.01. The SMILES string of the molecule is Nc1nonc1-n1nnc(C(=O)N/N=C/c2c[nH]c3ccccc23)c1-c1ccc([N+](=O)[O-])cc1. The lowest BCUT2D eigenvalue weighted by molar-refractivity contribution is -0.384. The van der Waals surface area contributed by atoms with Gasteiger partial charge < -0.3 is 10.7 Å². The molecule has 0 aliphatic rings. The van der Waals surface area contributed by atoms with Gasteiger partial charge in [-0.3, -0.25) is 14.9 Å². The summed E-state index contributed by atoms with van der Waals surface area (Å²) in [5.74, 6) is -0.759. The number of benzene rings is 2. The average molecular weight is 458 g/mol. The van der Waals surface area contributed by atoms with E-state index in [2.05, 4.69) is 40.8 Å². The number of nitrogens with two attached hydrogens (primary N) is 1. The van der Waals surface area contributed by atoms with Gasteiger partial charge in [0.25, 0.3) is 11.6 Å². The molecule has 0 atom stereocenters. The normalized spacial score (nSPS) is 11.3. The van der Waals surface area contributed by atoms with Crippen molar-refractivity contribution in [3.8, 4) is 17.1 Å². The Labute approximate surface area is 189 Å². The van der Waals surface area contributed by atoms with Crippen LogP contribution in [0.25, 0.3) is 28.0 Å². The number of non-ortho nitro benzene ring substituents is 1. The Balaban J connectivity index is 1.49. The number of nitro groups is 1. The fourth-order valence-corrected chi connectivity index (χ4v) is 3.34. The minimum absolute atomic E-state index is 0.00203. The highest BCUT2D eigenvalue weighted by Crippen LogP contribution is 2.28. The van der Waals surface area contributed by atoms with Crippen LogP contribution in [0.3, 0.4) is 0 Å². The number of carbonyl (C=O) groups is 1. The highest BCUT2D eigenvalue weighted by atomic mass is 16.6. The number of fused-ring (bicyclic) bond motifs is 1. The van der Waals surface area contributed by atoms with Gasteiger partial charge in [-0.25, -0.2) is 10.1 Å². The second-order valence-electron chi connectivity index (χ2n) is 6.96. The first kappa shape index (κ1) is 20.5. The van der Waals surface area contributed by atoms with E-state index in [0.29, 0.717) is 5.56 Å². The molecule has 0 saturated carbocycles. The number of hydrogen-bond acceptors (Lipinski definition) is 10. The van der Waals surface area contributed by atoms with E-state index in [9.17, 15) is 14.9 Å². The molecule has 3 aromatic heterocycles. The maximum absolute atomic E-state index is 12.9. The number of para-hydroxylation sites is 1. The standard InChI is InChI=1S/C20H14N10O4/c21-18-19(27-34-26-18)29-17(11-5-7-13(8-6-11)30(32)33)16(24-28-29)20(31)25-23-10-12-9-22-15-4-2-1-3-14(12)15/h1-10,22H,(H2,21,26)(H,25,31)/b23-10+. The highest BCUT2D eigenvalue weighted by Gasteiger charge is 2.25. The van der Waals surface area contributed by atoms with Crippen molar-refractivity contribution < 1.29 is 14.3 Å². The number of H-pyrrole nitrogens is 1. The molecule has 2 aromatic carbocycles. The van der Waals surface area contributed by atoms with Gasteiger partial charge in [-0.15, -0.1) is 5.10 Å². The third-order valence-electron chi connectivity index (χ3n) is 4.92. The molecule has 0 aliphatic carbocycles. The lowest BCUT2D eigenvalue weighted by atomic mass is 10.1. The lowest BCUT2D eigenvalue weighted by Gasteiger charge is -2.05. The van der Waals surface area contributed by atoms with Crippen molar-refractivity contribution >= 4 is 34.5 Å². The number of hydrogen-bond donors (Lipinski definition) is 3. The summed E-state index contributed by atoms with van der Waals surface area (Å²) in [4.78, 5) is 26.5. The molecular formula is C20H14N10O4. The van der Waals surface area contributed by atoms with Gasteiger partial charge in [0.2, 0.25) is 11.6 Å². The van der Waals surface area contributed by atoms with Crippen LogP contribution in [-0.4, -0.2) is 47.3 Å².